The normalized spacial score (nSPS) is 10.9. The first kappa shape index (κ1) is 12.8. The van der Waals surface area contributed by atoms with Gasteiger partial charge in [0.05, 0.1) is 10.7 Å². The lowest BCUT2D eigenvalue weighted by molar-refractivity contribution is 1.01. The largest absolute Gasteiger partial charge is 0.385 e. The van der Waals surface area contributed by atoms with Crippen LogP contribution in [-0.2, 0) is 0 Å². The van der Waals surface area contributed by atoms with Crippen LogP contribution >= 0.6 is 11.6 Å². The highest BCUT2D eigenvalue weighted by Crippen LogP contribution is 2.26. The Bertz CT molecular complexity index is 848. The number of aromatic nitrogens is 1. The van der Waals surface area contributed by atoms with Gasteiger partial charge in [0.1, 0.15) is 5.82 Å². The van der Waals surface area contributed by atoms with Gasteiger partial charge in [-0.05, 0) is 36.1 Å². The molecule has 0 aliphatic rings. The third-order valence-electron chi connectivity index (χ3n) is 3.37. The Morgan fingerprint density at radius 3 is 2.60 bits per heavy atom. The molecule has 3 nitrogen and oxygen atoms in total. The first-order chi connectivity index (χ1) is 9.59. The summed E-state index contributed by atoms with van der Waals surface area (Å²) in [5.74, 6) is 0.380. The zero-order chi connectivity index (χ0) is 14.3. The van der Waals surface area contributed by atoms with E-state index in [1.807, 2.05) is 37.3 Å². The fourth-order valence-corrected chi connectivity index (χ4v) is 2.72. The van der Waals surface area contributed by atoms with E-state index in [1.165, 1.54) is 4.57 Å². The number of para-hydroxylation sites is 1. The Morgan fingerprint density at radius 2 is 1.85 bits per heavy atom. The molecule has 0 atom stereocenters. The molecule has 1 aromatic heterocycles. The molecule has 0 aliphatic heterocycles. The van der Waals surface area contributed by atoms with Crippen molar-refractivity contribution in [3.63, 3.8) is 0 Å². The first-order valence-corrected chi connectivity index (χ1v) is 6.63. The number of nitrogen functional groups attached to an aromatic ring is 1. The molecule has 2 aromatic carbocycles. The highest BCUT2D eigenvalue weighted by Gasteiger charge is 2.13. The summed E-state index contributed by atoms with van der Waals surface area (Å²) in [6.45, 7) is 1.91. The predicted molar refractivity (Wildman–Crippen MR) is 83.7 cm³/mol. The lowest BCUT2D eigenvalue weighted by Crippen LogP contribution is -2.22. The second-order valence-electron chi connectivity index (χ2n) is 4.70. The smallest absolute Gasteiger partial charge is 0.264 e. The van der Waals surface area contributed by atoms with Crippen molar-refractivity contribution in [2.45, 2.75) is 6.92 Å². The highest BCUT2D eigenvalue weighted by molar-refractivity contribution is 6.32. The number of aryl methyl sites for hydroxylation is 1. The summed E-state index contributed by atoms with van der Waals surface area (Å²) in [5.41, 5.74) is 7.45. The molecule has 3 rings (SSSR count). The lowest BCUT2D eigenvalue weighted by Gasteiger charge is -2.15. The minimum absolute atomic E-state index is 0.156. The summed E-state index contributed by atoms with van der Waals surface area (Å²) in [6, 6.07) is 14.7. The van der Waals surface area contributed by atoms with E-state index < -0.39 is 0 Å². The number of fused-ring (bicyclic) bond motifs is 1. The van der Waals surface area contributed by atoms with Gasteiger partial charge in [-0.2, -0.15) is 0 Å². The molecule has 0 aliphatic carbocycles. The van der Waals surface area contributed by atoms with Gasteiger partial charge in [-0.15, -0.1) is 0 Å². The average Bonchev–Trinajstić information content (AvgIpc) is 2.42. The monoisotopic (exact) mass is 284 g/mol. The van der Waals surface area contributed by atoms with Crippen LogP contribution in [0.25, 0.3) is 16.5 Å². The SMILES string of the molecule is Cc1cccc(Cl)c1-n1c(N)cc2ccccc2c1=O. The van der Waals surface area contributed by atoms with E-state index in [4.69, 9.17) is 17.3 Å². The predicted octanol–water partition coefficient (Wildman–Crippen LogP) is 3.53. The summed E-state index contributed by atoms with van der Waals surface area (Å²) >= 11 is 6.24. The Labute approximate surface area is 121 Å². The van der Waals surface area contributed by atoms with Crippen molar-refractivity contribution in [1.82, 2.24) is 4.57 Å². The molecule has 100 valence electrons. The van der Waals surface area contributed by atoms with E-state index in [2.05, 4.69) is 0 Å². The van der Waals surface area contributed by atoms with Crippen LogP contribution in [0.4, 0.5) is 5.82 Å². The van der Waals surface area contributed by atoms with Crippen LogP contribution in [-0.4, -0.2) is 4.57 Å². The quantitative estimate of drug-likeness (QED) is 0.743. The molecular formula is C16H13ClN2O. The summed E-state index contributed by atoms with van der Waals surface area (Å²) in [6.07, 6.45) is 0. The zero-order valence-electron chi connectivity index (χ0n) is 10.9. The topological polar surface area (TPSA) is 48.0 Å². The van der Waals surface area contributed by atoms with Crippen molar-refractivity contribution in [1.29, 1.82) is 0 Å². The van der Waals surface area contributed by atoms with Crippen LogP contribution in [0.5, 0.6) is 0 Å². The standard InChI is InChI=1S/C16H13ClN2O/c1-10-5-4-8-13(17)15(10)19-14(18)9-11-6-2-3-7-12(11)16(19)20/h2-9H,18H2,1H3. The van der Waals surface area contributed by atoms with Crippen LogP contribution in [0.2, 0.25) is 5.02 Å². The first-order valence-electron chi connectivity index (χ1n) is 6.25. The molecule has 0 fully saturated rings. The van der Waals surface area contributed by atoms with E-state index in [-0.39, 0.29) is 5.56 Å². The Hall–Kier alpha value is -2.26. The Morgan fingerprint density at radius 1 is 1.10 bits per heavy atom. The number of benzene rings is 2. The van der Waals surface area contributed by atoms with E-state index in [9.17, 15) is 4.79 Å². The number of rotatable bonds is 1. The van der Waals surface area contributed by atoms with Crippen molar-refractivity contribution in [3.05, 3.63) is 69.5 Å². The van der Waals surface area contributed by atoms with Gasteiger partial charge >= 0.3 is 0 Å². The van der Waals surface area contributed by atoms with E-state index in [0.29, 0.717) is 21.9 Å². The number of hydrogen-bond acceptors (Lipinski definition) is 2. The van der Waals surface area contributed by atoms with Crippen molar-refractivity contribution >= 4 is 28.2 Å². The average molecular weight is 285 g/mol. The van der Waals surface area contributed by atoms with Crippen molar-refractivity contribution in [2.75, 3.05) is 5.73 Å². The summed E-state index contributed by atoms with van der Waals surface area (Å²) in [7, 11) is 0. The van der Waals surface area contributed by atoms with Crippen LogP contribution in [0.15, 0.2) is 53.3 Å². The van der Waals surface area contributed by atoms with E-state index in [0.717, 1.165) is 10.9 Å². The molecular weight excluding hydrogens is 272 g/mol. The minimum Gasteiger partial charge on any atom is -0.385 e. The number of hydrogen-bond donors (Lipinski definition) is 1. The molecule has 0 saturated carbocycles. The lowest BCUT2D eigenvalue weighted by atomic mass is 10.1. The maximum Gasteiger partial charge on any atom is 0.264 e. The second kappa shape index (κ2) is 4.69. The second-order valence-corrected chi connectivity index (χ2v) is 5.11. The third-order valence-corrected chi connectivity index (χ3v) is 3.67. The zero-order valence-corrected chi connectivity index (χ0v) is 11.7. The number of anilines is 1. The summed E-state index contributed by atoms with van der Waals surface area (Å²) in [4.78, 5) is 12.7. The van der Waals surface area contributed by atoms with Gasteiger partial charge in [0.25, 0.3) is 5.56 Å². The van der Waals surface area contributed by atoms with Crippen molar-refractivity contribution < 1.29 is 0 Å². The molecule has 4 heteroatoms. The minimum atomic E-state index is -0.156. The van der Waals surface area contributed by atoms with Gasteiger partial charge in [0.2, 0.25) is 0 Å². The maximum absolute atomic E-state index is 12.7. The van der Waals surface area contributed by atoms with Crippen molar-refractivity contribution in [3.8, 4) is 5.69 Å². The third kappa shape index (κ3) is 1.87. The fourth-order valence-electron chi connectivity index (χ4n) is 2.42. The number of nitrogens with zero attached hydrogens (tertiary/aromatic N) is 1. The summed E-state index contributed by atoms with van der Waals surface area (Å²) < 4.78 is 1.47. The van der Waals surface area contributed by atoms with Gasteiger partial charge in [-0.1, -0.05) is 41.9 Å². The molecule has 2 N–H and O–H groups in total. The molecule has 3 aromatic rings. The highest BCUT2D eigenvalue weighted by atomic mass is 35.5. The van der Waals surface area contributed by atoms with Gasteiger partial charge in [0, 0.05) is 5.39 Å². The molecule has 0 bridgehead atoms. The molecule has 0 amide bonds. The summed E-state index contributed by atoms with van der Waals surface area (Å²) in [5, 5.41) is 1.96. The number of halogens is 1. The fraction of sp³-hybridized carbons (Fsp3) is 0.0625. The Kier molecular flexibility index (Phi) is 2.99. The van der Waals surface area contributed by atoms with Gasteiger partial charge in [0.15, 0.2) is 0 Å². The van der Waals surface area contributed by atoms with E-state index >= 15 is 0 Å². The Balaban J connectivity index is 2.46. The van der Waals surface area contributed by atoms with Gasteiger partial charge in [-0.3, -0.25) is 9.36 Å². The molecule has 0 saturated heterocycles. The van der Waals surface area contributed by atoms with Crippen LogP contribution in [0.3, 0.4) is 0 Å². The van der Waals surface area contributed by atoms with Gasteiger partial charge in [-0.25, -0.2) is 0 Å². The van der Waals surface area contributed by atoms with Crippen LogP contribution in [0, 0.1) is 6.92 Å². The molecule has 0 spiro atoms. The number of nitrogens with two attached hydrogens (primary N) is 1. The van der Waals surface area contributed by atoms with E-state index in [1.54, 1.807) is 18.2 Å². The van der Waals surface area contributed by atoms with Gasteiger partial charge < -0.3 is 5.73 Å². The number of pyridine rings is 1. The van der Waals surface area contributed by atoms with Crippen LogP contribution in [0.1, 0.15) is 5.56 Å². The molecule has 0 radical (unpaired) electrons. The molecule has 20 heavy (non-hydrogen) atoms. The molecule has 1 heterocycles. The van der Waals surface area contributed by atoms with Crippen LogP contribution < -0.4 is 11.3 Å². The maximum atomic E-state index is 12.7. The molecule has 0 unspecified atom stereocenters. The van der Waals surface area contributed by atoms with Crippen molar-refractivity contribution in [2.24, 2.45) is 0 Å².